The van der Waals surface area contributed by atoms with Gasteiger partial charge in [0.15, 0.2) is 0 Å². The highest BCUT2D eigenvalue weighted by atomic mass is 16.4. The molecule has 0 spiro atoms. The van der Waals surface area contributed by atoms with Crippen LogP contribution in [0.25, 0.3) is 5.53 Å². The van der Waals surface area contributed by atoms with Crippen LogP contribution in [-0.2, 0) is 4.79 Å². The largest absolute Gasteiger partial charge is 0.479 e. The van der Waals surface area contributed by atoms with Crippen LogP contribution in [0.15, 0.2) is 5.18 Å². The van der Waals surface area contributed by atoms with Crippen molar-refractivity contribution in [3.05, 3.63) is 10.4 Å². The minimum absolute atomic E-state index is 0.141. The maximum atomic E-state index is 10.3. The quantitative estimate of drug-likeness (QED) is 0.288. The number of carboxylic acids is 1. The van der Waals surface area contributed by atoms with Gasteiger partial charge in [-0.05, 0) is 5.18 Å². The molecule has 0 bridgehead atoms. The molecule has 0 radical (unpaired) electrons. The van der Waals surface area contributed by atoms with E-state index in [0.29, 0.717) is 0 Å². The lowest BCUT2D eigenvalue weighted by Gasteiger charge is -2.00. The van der Waals surface area contributed by atoms with Crippen molar-refractivity contribution in [1.29, 1.82) is 0 Å². The lowest BCUT2D eigenvalue weighted by molar-refractivity contribution is -0.137. The summed E-state index contributed by atoms with van der Waals surface area (Å²) in [6.07, 6.45) is 0. The standard InChI is InChI=1S/C6H9N3O3/c1-3(2)4(8-7)5(9-12)6(10)11/h3,5H,1-2H3,(H,10,11). The molecule has 1 atom stereocenters. The number of rotatable bonds is 4. The summed E-state index contributed by atoms with van der Waals surface area (Å²) in [6.45, 7) is 3.21. The van der Waals surface area contributed by atoms with Crippen molar-refractivity contribution in [1.82, 2.24) is 0 Å². The number of carbonyl (C=O) groups is 1. The molecule has 6 nitrogen and oxygen atoms in total. The van der Waals surface area contributed by atoms with Crippen LogP contribution in [0.3, 0.4) is 0 Å². The molecule has 0 amide bonds. The van der Waals surface area contributed by atoms with Crippen molar-refractivity contribution >= 4 is 11.7 Å². The van der Waals surface area contributed by atoms with E-state index in [-0.39, 0.29) is 11.6 Å². The Hall–Kier alpha value is -1.55. The van der Waals surface area contributed by atoms with E-state index in [1.165, 1.54) is 0 Å². The highest BCUT2D eigenvalue weighted by molar-refractivity contribution is 6.03. The molecule has 0 aromatic carbocycles. The lowest BCUT2D eigenvalue weighted by Crippen LogP contribution is -2.32. The van der Waals surface area contributed by atoms with Gasteiger partial charge in [0.25, 0.3) is 6.04 Å². The van der Waals surface area contributed by atoms with E-state index in [1.807, 2.05) is 0 Å². The molecule has 0 aliphatic heterocycles. The third kappa shape index (κ3) is 2.25. The van der Waals surface area contributed by atoms with Gasteiger partial charge < -0.3 is 10.6 Å². The van der Waals surface area contributed by atoms with Crippen LogP contribution >= 0.6 is 0 Å². The Morgan fingerprint density at radius 3 is 2.17 bits per heavy atom. The summed E-state index contributed by atoms with van der Waals surface area (Å²) in [6, 6.07) is -1.59. The Morgan fingerprint density at radius 2 is 2.08 bits per heavy atom. The SMILES string of the molecule is CC(C)C(=[N+]=[N-])C(N=O)C(=O)O. The van der Waals surface area contributed by atoms with Gasteiger partial charge in [0.05, 0.1) is 5.92 Å². The van der Waals surface area contributed by atoms with Gasteiger partial charge in [0, 0.05) is 0 Å². The Kier molecular flexibility index (Phi) is 3.79. The molecule has 12 heavy (non-hydrogen) atoms. The van der Waals surface area contributed by atoms with Gasteiger partial charge in [-0.15, -0.1) is 4.91 Å². The van der Waals surface area contributed by atoms with Crippen molar-refractivity contribution < 1.29 is 14.7 Å². The Labute approximate surface area is 68.8 Å². The highest BCUT2D eigenvalue weighted by Gasteiger charge is 2.34. The zero-order valence-electron chi connectivity index (χ0n) is 6.76. The number of carboxylic acid groups (broad SMARTS) is 1. The van der Waals surface area contributed by atoms with E-state index < -0.39 is 12.0 Å². The molecule has 0 rings (SSSR count). The zero-order valence-corrected chi connectivity index (χ0v) is 6.76. The molecule has 0 aromatic heterocycles. The number of nitrogens with zero attached hydrogens (tertiary/aromatic N) is 3. The van der Waals surface area contributed by atoms with Crippen LogP contribution < -0.4 is 0 Å². The van der Waals surface area contributed by atoms with Crippen molar-refractivity contribution in [3.8, 4) is 0 Å². The topological polar surface area (TPSA) is 103 Å². The molecular weight excluding hydrogens is 162 g/mol. The van der Waals surface area contributed by atoms with Crippen molar-refractivity contribution in [2.24, 2.45) is 11.1 Å². The highest BCUT2D eigenvalue weighted by Crippen LogP contribution is 2.03. The molecule has 0 saturated carbocycles. The summed E-state index contributed by atoms with van der Waals surface area (Å²) in [5, 5.41) is 10.8. The van der Waals surface area contributed by atoms with E-state index in [9.17, 15) is 9.70 Å². The average molecular weight is 171 g/mol. The molecule has 1 N–H and O–H groups in total. The molecule has 66 valence electrons. The number of nitroso groups, excluding NO2 is 1. The summed E-state index contributed by atoms with van der Waals surface area (Å²) in [5.41, 5.74) is 8.23. The Morgan fingerprint density at radius 1 is 1.58 bits per heavy atom. The van der Waals surface area contributed by atoms with Crippen LogP contribution in [0.2, 0.25) is 0 Å². The molecule has 6 heteroatoms. The third-order valence-corrected chi connectivity index (χ3v) is 1.33. The van der Waals surface area contributed by atoms with Crippen LogP contribution in [-0.4, -0.2) is 27.6 Å². The maximum absolute atomic E-state index is 10.3. The smallest absolute Gasteiger partial charge is 0.344 e. The lowest BCUT2D eigenvalue weighted by atomic mass is 10.0. The fraction of sp³-hybridized carbons (Fsp3) is 0.667. The van der Waals surface area contributed by atoms with Gasteiger partial charge >= 0.3 is 11.7 Å². The van der Waals surface area contributed by atoms with Gasteiger partial charge in [-0.25, -0.2) is 4.79 Å². The third-order valence-electron chi connectivity index (χ3n) is 1.33. The van der Waals surface area contributed by atoms with Crippen LogP contribution in [0, 0.1) is 10.8 Å². The van der Waals surface area contributed by atoms with Crippen molar-refractivity contribution in [3.63, 3.8) is 0 Å². The van der Waals surface area contributed by atoms with Gasteiger partial charge in [-0.3, -0.25) is 0 Å². The van der Waals surface area contributed by atoms with Gasteiger partial charge in [-0.1, -0.05) is 13.8 Å². The minimum atomic E-state index is -1.59. The van der Waals surface area contributed by atoms with Crippen LogP contribution in [0.4, 0.5) is 0 Å². The molecule has 0 saturated heterocycles. The maximum Gasteiger partial charge on any atom is 0.344 e. The first-order valence-electron chi connectivity index (χ1n) is 3.31. The fourth-order valence-corrected chi connectivity index (χ4v) is 0.711. The molecule has 0 aliphatic rings. The number of hydrogen-bond acceptors (Lipinski definition) is 3. The first-order valence-corrected chi connectivity index (χ1v) is 3.31. The normalized spacial score (nSPS) is 11.9. The molecule has 1 unspecified atom stereocenters. The van der Waals surface area contributed by atoms with E-state index in [4.69, 9.17) is 10.6 Å². The predicted octanol–water partition coefficient (Wildman–Crippen LogP) is 0.533. The number of aliphatic carboxylic acids is 1. The number of hydrogen-bond donors (Lipinski definition) is 1. The van der Waals surface area contributed by atoms with E-state index >= 15 is 0 Å². The second kappa shape index (κ2) is 4.35. The molecular formula is C6H9N3O3. The predicted molar refractivity (Wildman–Crippen MR) is 40.7 cm³/mol. The molecule has 0 aliphatic carbocycles. The van der Waals surface area contributed by atoms with Gasteiger partial charge in [-0.2, -0.15) is 4.79 Å². The summed E-state index contributed by atoms with van der Waals surface area (Å²) < 4.78 is 0. The van der Waals surface area contributed by atoms with Crippen LogP contribution in [0.1, 0.15) is 13.8 Å². The van der Waals surface area contributed by atoms with Gasteiger partial charge in [0.2, 0.25) is 0 Å². The second-order valence-corrected chi connectivity index (χ2v) is 2.53. The Balaban J connectivity index is 4.82. The summed E-state index contributed by atoms with van der Waals surface area (Å²) in [4.78, 5) is 23.1. The van der Waals surface area contributed by atoms with Crippen molar-refractivity contribution in [2.75, 3.05) is 0 Å². The zero-order chi connectivity index (χ0) is 9.72. The Bertz CT molecular complexity index is 242. The van der Waals surface area contributed by atoms with E-state index in [0.717, 1.165) is 0 Å². The molecule has 0 aromatic rings. The fourth-order valence-electron chi connectivity index (χ4n) is 0.711. The summed E-state index contributed by atoms with van der Waals surface area (Å²) in [5.74, 6) is -1.74. The average Bonchev–Trinajstić information content (AvgIpc) is 1.98. The second-order valence-electron chi connectivity index (χ2n) is 2.53. The monoisotopic (exact) mass is 171 g/mol. The molecule has 0 fully saturated rings. The van der Waals surface area contributed by atoms with E-state index in [2.05, 4.69) is 9.97 Å². The first kappa shape index (κ1) is 10.4. The minimum Gasteiger partial charge on any atom is -0.479 e. The van der Waals surface area contributed by atoms with Crippen LogP contribution in [0.5, 0.6) is 0 Å². The van der Waals surface area contributed by atoms with E-state index in [1.54, 1.807) is 13.8 Å². The summed E-state index contributed by atoms with van der Waals surface area (Å²) >= 11 is 0. The molecule has 0 heterocycles. The van der Waals surface area contributed by atoms with Gasteiger partial charge in [0.1, 0.15) is 0 Å². The summed E-state index contributed by atoms with van der Waals surface area (Å²) in [7, 11) is 0. The first-order chi connectivity index (χ1) is 5.54. The van der Waals surface area contributed by atoms with Crippen molar-refractivity contribution in [2.45, 2.75) is 19.9 Å².